The first-order valence-corrected chi connectivity index (χ1v) is 10.4. The predicted octanol–water partition coefficient (Wildman–Crippen LogP) is 2.65. The lowest BCUT2D eigenvalue weighted by atomic mass is 10.1. The Labute approximate surface area is 170 Å². The minimum Gasteiger partial charge on any atom is -0.497 e. The Morgan fingerprint density at radius 1 is 1.00 bits per heavy atom. The zero-order valence-corrected chi connectivity index (χ0v) is 17.6. The third-order valence-electron chi connectivity index (χ3n) is 5.13. The first-order chi connectivity index (χ1) is 13.8. The van der Waals surface area contributed by atoms with E-state index in [4.69, 9.17) is 14.2 Å². The number of hydrogen-bond acceptors (Lipinski definition) is 6. The first-order valence-electron chi connectivity index (χ1n) is 8.96. The number of anilines is 2. The molecule has 1 aliphatic rings. The van der Waals surface area contributed by atoms with Crippen molar-refractivity contribution in [1.82, 2.24) is 0 Å². The van der Waals surface area contributed by atoms with Crippen LogP contribution in [0.25, 0.3) is 0 Å². The van der Waals surface area contributed by atoms with Crippen LogP contribution in [-0.4, -0.2) is 46.9 Å². The minimum atomic E-state index is -3.92. The van der Waals surface area contributed by atoms with E-state index in [-0.39, 0.29) is 13.0 Å². The highest BCUT2D eigenvalue weighted by atomic mass is 32.2. The van der Waals surface area contributed by atoms with E-state index in [0.717, 1.165) is 0 Å². The number of methoxy groups -OCH3 is 3. The monoisotopic (exact) mass is 420 g/mol. The Morgan fingerprint density at radius 3 is 2.24 bits per heavy atom. The number of ether oxygens (including phenoxy) is 3. The Hall–Kier alpha value is -2.94. The fourth-order valence-corrected chi connectivity index (χ4v) is 5.08. The van der Waals surface area contributed by atoms with Crippen LogP contribution in [0.3, 0.4) is 0 Å². The molecule has 8 nitrogen and oxygen atoms in total. The van der Waals surface area contributed by atoms with Crippen LogP contribution in [0.2, 0.25) is 0 Å². The number of nitrogens with zero attached hydrogens (tertiary/aromatic N) is 1. The molecule has 0 aliphatic carbocycles. The molecule has 1 atom stereocenters. The van der Waals surface area contributed by atoms with Gasteiger partial charge in [-0.2, -0.15) is 0 Å². The summed E-state index contributed by atoms with van der Waals surface area (Å²) in [6.45, 7) is 1.66. The summed E-state index contributed by atoms with van der Waals surface area (Å²) in [5.41, 5.74) is 0.917. The highest BCUT2D eigenvalue weighted by molar-refractivity contribution is 7.95. The molecule has 0 bridgehead atoms. The molecule has 1 saturated heterocycles. The molecule has 3 rings (SSSR count). The summed E-state index contributed by atoms with van der Waals surface area (Å²) < 4.78 is 41.6. The van der Waals surface area contributed by atoms with Gasteiger partial charge in [-0.15, -0.1) is 0 Å². The fourth-order valence-electron chi connectivity index (χ4n) is 3.23. The van der Waals surface area contributed by atoms with Gasteiger partial charge >= 0.3 is 0 Å². The van der Waals surface area contributed by atoms with E-state index in [2.05, 4.69) is 5.32 Å². The minimum absolute atomic E-state index is 0.167. The molecule has 1 aliphatic heterocycles. The molecule has 1 heterocycles. The quantitative estimate of drug-likeness (QED) is 0.772. The van der Waals surface area contributed by atoms with Gasteiger partial charge < -0.3 is 19.5 Å². The van der Waals surface area contributed by atoms with E-state index < -0.39 is 20.7 Å². The van der Waals surface area contributed by atoms with Crippen molar-refractivity contribution in [2.45, 2.75) is 18.1 Å². The topological polar surface area (TPSA) is 94.2 Å². The predicted molar refractivity (Wildman–Crippen MR) is 110 cm³/mol. The van der Waals surface area contributed by atoms with Crippen molar-refractivity contribution in [2.75, 3.05) is 37.5 Å². The lowest BCUT2D eigenvalue weighted by Gasteiger charge is -2.25. The van der Waals surface area contributed by atoms with Crippen LogP contribution < -0.4 is 23.8 Å². The van der Waals surface area contributed by atoms with Crippen LogP contribution in [0.4, 0.5) is 11.4 Å². The summed E-state index contributed by atoms with van der Waals surface area (Å²) in [6, 6.07) is 11.6. The van der Waals surface area contributed by atoms with Crippen LogP contribution >= 0.6 is 0 Å². The number of rotatable bonds is 6. The number of amides is 1. The molecule has 2 aromatic carbocycles. The summed E-state index contributed by atoms with van der Waals surface area (Å²) in [5, 5.41) is 2.70. The summed E-state index contributed by atoms with van der Waals surface area (Å²) in [5.74, 6) is 0.973. The van der Waals surface area contributed by atoms with Gasteiger partial charge in [-0.05, 0) is 49.7 Å². The van der Waals surface area contributed by atoms with Crippen molar-refractivity contribution < 1.29 is 27.4 Å². The standard InChI is InChI=1S/C20H24N2O6S/c1-20(19(23)21-14-5-10-17(27-3)18(13-14)28-4)11-12-22(29(20,24)25)15-6-8-16(26-2)9-7-15/h5-10,13H,11-12H2,1-4H3,(H,21,23). The Kier molecular flexibility index (Phi) is 5.61. The Balaban J connectivity index is 1.85. The van der Waals surface area contributed by atoms with Crippen LogP contribution in [-0.2, 0) is 14.8 Å². The lowest BCUT2D eigenvalue weighted by Crippen LogP contribution is -2.47. The fraction of sp³-hybridized carbons (Fsp3) is 0.350. The third kappa shape index (κ3) is 3.57. The van der Waals surface area contributed by atoms with Crippen molar-refractivity contribution in [3.8, 4) is 17.2 Å². The molecule has 1 fully saturated rings. The molecule has 0 saturated carbocycles. The average molecular weight is 420 g/mol. The van der Waals surface area contributed by atoms with Crippen molar-refractivity contribution in [3.63, 3.8) is 0 Å². The van der Waals surface area contributed by atoms with E-state index in [1.807, 2.05) is 0 Å². The van der Waals surface area contributed by atoms with Gasteiger partial charge in [0.05, 0.1) is 27.0 Å². The maximum absolute atomic E-state index is 13.2. The second-order valence-electron chi connectivity index (χ2n) is 6.78. The van der Waals surface area contributed by atoms with E-state index in [9.17, 15) is 13.2 Å². The van der Waals surface area contributed by atoms with Crippen LogP contribution in [0.1, 0.15) is 13.3 Å². The number of carbonyl (C=O) groups is 1. The number of benzene rings is 2. The van der Waals surface area contributed by atoms with Crippen LogP contribution in [0, 0.1) is 0 Å². The van der Waals surface area contributed by atoms with Gasteiger partial charge in [0.2, 0.25) is 15.9 Å². The molecule has 1 unspecified atom stereocenters. The number of hydrogen-bond donors (Lipinski definition) is 1. The van der Waals surface area contributed by atoms with E-state index >= 15 is 0 Å². The highest BCUT2D eigenvalue weighted by Crippen LogP contribution is 2.38. The Morgan fingerprint density at radius 2 is 1.66 bits per heavy atom. The summed E-state index contributed by atoms with van der Waals surface area (Å²) >= 11 is 0. The maximum Gasteiger partial charge on any atom is 0.249 e. The summed E-state index contributed by atoms with van der Waals surface area (Å²) in [6.07, 6.45) is 0.167. The van der Waals surface area contributed by atoms with Gasteiger partial charge in [0.15, 0.2) is 16.2 Å². The second kappa shape index (κ2) is 7.82. The number of nitrogens with one attached hydrogen (secondary N) is 1. The molecule has 1 N–H and O–H groups in total. The molecule has 0 radical (unpaired) electrons. The van der Waals surface area contributed by atoms with Crippen molar-refractivity contribution >= 4 is 27.3 Å². The number of carbonyl (C=O) groups excluding carboxylic acids is 1. The van der Waals surface area contributed by atoms with E-state index in [1.54, 1.807) is 42.5 Å². The molecule has 0 aromatic heterocycles. The van der Waals surface area contributed by atoms with Crippen LogP contribution in [0.15, 0.2) is 42.5 Å². The van der Waals surface area contributed by atoms with Crippen molar-refractivity contribution in [2.24, 2.45) is 0 Å². The van der Waals surface area contributed by atoms with Gasteiger partial charge in [0, 0.05) is 18.3 Å². The van der Waals surface area contributed by atoms with Crippen LogP contribution in [0.5, 0.6) is 17.2 Å². The third-order valence-corrected chi connectivity index (χ3v) is 7.64. The molecule has 1 amide bonds. The first kappa shape index (κ1) is 20.8. The normalized spacial score (nSPS) is 20.2. The largest absolute Gasteiger partial charge is 0.497 e. The molecular formula is C20H24N2O6S. The van der Waals surface area contributed by atoms with Gasteiger partial charge in [0.25, 0.3) is 0 Å². The van der Waals surface area contributed by atoms with Gasteiger partial charge in [-0.25, -0.2) is 8.42 Å². The van der Waals surface area contributed by atoms with Crippen molar-refractivity contribution in [1.29, 1.82) is 0 Å². The lowest BCUT2D eigenvalue weighted by molar-refractivity contribution is -0.118. The maximum atomic E-state index is 13.2. The molecule has 156 valence electrons. The molecule has 29 heavy (non-hydrogen) atoms. The van der Waals surface area contributed by atoms with Gasteiger partial charge in [-0.3, -0.25) is 9.10 Å². The Bertz CT molecular complexity index is 1010. The molecule has 0 spiro atoms. The van der Waals surface area contributed by atoms with Gasteiger partial charge in [0.1, 0.15) is 5.75 Å². The van der Waals surface area contributed by atoms with Crippen molar-refractivity contribution in [3.05, 3.63) is 42.5 Å². The average Bonchev–Trinajstić information content (AvgIpc) is 2.98. The zero-order chi connectivity index (χ0) is 21.2. The zero-order valence-electron chi connectivity index (χ0n) is 16.8. The number of sulfonamides is 1. The van der Waals surface area contributed by atoms with E-state index in [0.29, 0.717) is 28.6 Å². The SMILES string of the molecule is COc1ccc(N2CCC(C)(C(=O)Nc3ccc(OC)c(OC)c3)S2(=O)=O)cc1. The molecule has 2 aromatic rings. The summed E-state index contributed by atoms with van der Waals surface area (Å²) in [4.78, 5) is 13.0. The molecular weight excluding hydrogens is 396 g/mol. The van der Waals surface area contributed by atoms with E-state index in [1.165, 1.54) is 32.6 Å². The van der Waals surface area contributed by atoms with Gasteiger partial charge in [-0.1, -0.05) is 0 Å². The molecule has 9 heteroatoms. The summed E-state index contributed by atoms with van der Waals surface area (Å²) in [7, 11) is 0.610. The smallest absolute Gasteiger partial charge is 0.249 e. The second-order valence-corrected chi connectivity index (χ2v) is 9.07. The highest BCUT2D eigenvalue weighted by Gasteiger charge is 2.54.